The van der Waals surface area contributed by atoms with Crippen molar-refractivity contribution in [2.45, 2.75) is 43.5 Å². The molecule has 0 spiro atoms. The van der Waals surface area contributed by atoms with Crippen molar-refractivity contribution < 1.29 is 13.2 Å². The summed E-state index contributed by atoms with van der Waals surface area (Å²) in [5.74, 6) is 0. The van der Waals surface area contributed by atoms with Crippen LogP contribution in [0.2, 0.25) is 0 Å². The molecule has 25 heavy (non-hydrogen) atoms. The van der Waals surface area contributed by atoms with Crippen LogP contribution in [0.1, 0.15) is 25.6 Å². The number of anilines is 2. The minimum atomic E-state index is -3.52. The number of hydrogen-bond acceptors (Lipinski definition) is 5. The topological polar surface area (TPSA) is 58.6 Å². The van der Waals surface area contributed by atoms with Crippen molar-refractivity contribution in [2.75, 3.05) is 22.8 Å². The Morgan fingerprint density at radius 3 is 2.56 bits per heavy atom. The van der Waals surface area contributed by atoms with Gasteiger partial charge in [0.05, 0.1) is 12.7 Å². The van der Waals surface area contributed by atoms with Gasteiger partial charge in [0, 0.05) is 28.8 Å². The monoisotopic (exact) mass is 380 g/mol. The number of aryl methyl sites for hydroxylation is 1. The smallest absolute Gasteiger partial charge is 0.271 e. The summed E-state index contributed by atoms with van der Waals surface area (Å²) in [6.45, 7) is 7.74. The van der Waals surface area contributed by atoms with Crippen LogP contribution < -0.4 is 9.62 Å². The van der Waals surface area contributed by atoms with Crippen LogP contribution in [0.15, 0.2) is 40.6 Å². The van der Waals surface area contributed by atoms with E-state index in [1.165, 1.54) is 11.3 Å². The molecule has 1 aliphatic heterocycles. The predicted molar refractivity (Wildman–Crippen MR) is 103 cm³/mol. The summed E-state index contributed by atoms with van der Waals surface area (Å²) >= 11 is 1.31. The number of thiophene rings is 1. The Hall–Kier alpha value is -1.57. The van der Waals surface area contributed by atoms with Gasteiger partial charge < -0.3 is 9.64 Å². The first-order chi connectivity index (χ1) is 11.9. The first-order valence-corrected chi connectivity index (χ1v) is 10.8. The van der Waals surface area contributed by atoms with Gasteiger partial charge in [-0.1, -0.05) is 6.92 Å². The fourth-order valence-corrected chi connectivity index (χ4v) is 5.24. The lowest BCUT2D eigenvalue weighted by molar-refractivity contribution is 0.0344. The molecule has 2 atom stereocenters. The Morgan fingerprint density at radius 2 is 1.92 bits per heavy atom. The van der Waals surface area contributed by atoms with Crippen LogP contribution in [0.4, 0.5) is 11.4 Å². The number of nitrogens with one attached hydrogen (secondary N) is 1. The van der Waals surface area contributed by atoms with Gasteiger partial charge >= 0.3 is 0 Å². The molecule has 2 unspecified atom stereocenters. The number of rotatable bonds is 5. The highest BCUT2D eigenvalue weighted by Crippen LogP contribution is 2.27. The maximum absolute atomic E-state index is 12.5. The largest absolute Gasteiger partial charge is 0.375 e. The Morgan fingerprint density at radius 1 is 1.20 bits per heavy atom. The van der Waals surface area contributed by atoms with Gasteiger partial charge in [-0.25, -0.2) is 8.42 Å². The van der Waals surface area contributed by atoms with E-state index in [2.05, 4.69) is 23.5 Å². The normalized spacial score (nSPS) is 21.3. The Kier molecular flexibility index (Phi) is 5.36. The van der Waals surface area contributed by atoms with Crippen molar-refractivity contribution in [3.63, 3.8) is 0 Å². The summed E-state index contributed by atoms with van der Waals surface area (Å²) in [7, 11) is -3.52. The third kappa shape index (κ3) is 4.16. The molecule has 1 N–H and O–H groups in total. The SMILES string of the molecule is CCc1ccc(S(=O)(=O)Nc2ccc(N3CC(C)OCC3C)cc2)s1. The molecule has 0 amide bonds. The van der Waals surface area contributed by atoms with Crippen molar-refractivity contribution in [1.29, 1.82) is 0 Å². The van der Waals surface area contributed by atoms with Gasteiger partial charge in [0.2, 0.25) is 0 Å². The maximum Gasteiger partial charge on any atom is 0.271 e. The van der Waals surface area contributed by atoms with E-state index in [0.717, 1.165) is 23.5 Å². The molecule has 0 radical (unpaired) electrons. The Balaban J connectivity index is 1.74. The van der Waals surface area contributed by atoms with Gasteiger partial charge in [-0.05, 0) is 56.7 Å². The fraction of sp³-hybridized carbons (Fsp3) is 0.444. The average molecular weight is 381 g/mol. The summed E-state index contributed by atoms with van der Waals surface area (Å²) < 4.78 is 33.6. The predicted octanol–water partition coefficient (Wildman–Crippen LogP) is 3.72. The summed E-state index contributed by atoms with van der Waals surface area (Å²) in [4.78, 5) is 3.35. The quantitative estimate of drug-likeness (QED) is 0.859. The lowest BCUT2D eigenvalue weighted by Crippen LogP contribution is -2.47. The highest BCUT2D eigenvalue weighted by atomic mass is 32.2. The molecule has 1 aliphatic rings. The van der Waals surface area contributed by atoms with Crippen LogP contribution in [-0.2, 0) is 21.2 Å². The van der Waals surface area contributed by atoms with E-state index < -0.39 is 10.0 Å². The van der Waals surface area contributed by atoms with Crippen molar-refractivity contribution in [3.05, 3.63) is 41.3 Å². The van der Waals surface area contributed by atoms with E-state index in [9.17, 15) is 8.42 Å². The molecule has 0 aliphatic carbocycles. The number of hydrogen-bond donors (Lipinski definition) is 1. The first kappa shape index (κ1) is 18.2. The van der Waals surface area contributed by atoms with Crippen molar-refractivity contribution >= 4 is 32.7 Å². The summed E-state index contributed by atoms with van der Waals surface area (Å²) in [6.07, 6.45) is 1.03. The molecule has 5 nitrogen and oxygen atoms in total. The molecule has 136 valence electrons. The molecule has 2 heterocycles. The lowest BCUT2D eigenvalue weighted by Gasteiger charge is -2.38. The van der Waals surface area contributed by atoms with E-state index in [4.69, 9.17) is 4.74 Å². The van der Waals surface area contributed by atoms with E-state index in [-0.39, 0.29) is 6.10 Å². The standard InChI is InChI=1S/C18H24N2O3S2/c1-4-17-9-10-18(24-17)25(21,22)19-15-5-7-16(8-6-15)20-11-14(3)23-12-13(20)2/h5-10,13-14,19H,4,11-12H2,1-3H3. The molecule has 0 bridgehead atoms. The lowest BCUT2D eigenvalue weighted by atomic mass is 10.1. The van der Waals surface area contributed by atoms with Crippen LogP contribution in [0.3, 0.4) is 0 Å². The van der Waals surface area contributed by atoms with Gasteiger partial charge in [-0.3, -0.25) is 4.72 Å². The van der Waals surface area contributed by atoms with Crippen LogP contribution in [0.5, 0.6) is 0 Å². The van der Waals surface area contributed by atoms with Crippen LogP contribution in [0.25, 0.3) is 0 Å². The van der Waals surface area contributed by atoms with Crippen molar-refractivity contribution in [1.82, 2.24) is 0 Å². The first-order valence-electron chi connectivity index (χ1n) is 8.49. The van der Waals surface area contributed by atoms with E-state index in [1.54, 1.807) is 6.07 Å². The molecule has 1 aromatic heterocycles. The van der Waals surface area contributed by atoms with Crippen LogP contribution in [-0.4, -0.2) is 33.7 Å². The second-order valence-electron chi connectivity index (χ2n) is 6.37. The number of sulfonamides is 1. The molecular formula is C18H24N2O3S2. The molecular weight excluding hydrogens is 356 g/mol. The van der Waals surface area contributed by atoms with Crippen LogP contribution in [0, 0.1) is 0 Å². The zero-order valence-corrected chi connectivity index (χ0v) is 16.4. The van der Waals surface area contributed by atoms with Gasteiger partial charge in [0.15, 0.2) is 0 Å². The average Bonchev–Trinajstić information content (AvgIpc) is 3.08. The molecule has 2 aromatic rings. The number of ether oxygens (including phenoxy) is 1. The molecule has 1 fully saturated rings. The van der Waals surface area contributed by atoms with Gasteiger partial charge in [0.25, 0.3) is 10.0 Å². The van der Waals surface area contributed by atoms with Gasteiger partial charge in [0.1, 0.15) is 4.21 Å². The molecule has 3 rings (SSSR count). The highest BCUT2D eigenvalue weighted by molar-refractivity contribution is 7.94. The third-order valence-corrected chi connectivity index (χ3v) is 7.41. The second-order valence-corrected chi connectivity index (χ2v) is 9.45. The Bertz CT molecular complexity index is 815. The number of nitrogens with zero attached hydrogens (tertiary/aromatic N) is 1. The number of morpholine rings is 1. The van der Waals surface area contributed by atoms with Crippen molar-refractivity contribution in [2.24, 2.45) is 0 Å². The summed E-state index contributed by atoms with van der Waals surface area (Å²) in [5, 5.41) is 0. The highest BCUT2D eigenvalue weighted by Gasteiger charge is 2.23. The zero-order valence-electron chi connectivity index (χ0n) is 14.7. The third-order valence-electron chi connectivity index (χ3n) is 4.31. The van der Waals surface area contributed by atoms with Crippen molar-refractivity contribution in [3.8, 4) is 0 Å². The molecule has 0 saturated carbocycles. The van der Waals surface area contributed by atoms with E-state index in [0.29, 0.717) is 22.5 Å². The molecule has 7 heteroatoms. The summed E-state index contributed by atoms with van der Waals surface area (Å²) in [5.41, 5.74) is 1.65. The zero-order chi connectivity index (χ0) is 18.0. The molecule has 1 saturated heterocycles. The minimum Gasteiger partial charge on any atom is -0.375 e. The van der Waals surface area contributed by atoms with Gasteiger partial charge in [-0.2, -0.15) is 0 Å². The maximum atomic E-state index is 12.5. The number of benzene rings is 1. The molecule has 1 aromatic carbocycles. The van der Waals surface area contributed by atoms with Crippen LogP contribution >= 0.6 is 11.3 Å². The Labute approximate surface area is 153 Å². The van der Waals surface area contributed by atoms with E-state index >= 15 is 0 Å². The summed E-state index contributed by atoms with van der Waals surface area (Å²) in [6, 6.07) is 11.4. The van der Waals surface area contributed by atoms with E-state index in [1.807, 2.05) is 37.3 Å². The van der Waals surface area contributed by atoms with Gasteiger partial charge in [-0.15, -0.1) is 11.3 Å². The second kappa shape index (κ2) is 7.35. The fourth-order valence-electron chi connectivity index (χ4n) is 2.88. The minimum absolute atomic E-state index is 0.195.